The summed E-state index contributed by atoms with van der Waals surface area (Å²) >= 11 is 0. The summed E-state index contributed by atoms with van der Waals surface area (Å²) in [6, 6.07) is 3.92. The monoisotopic (exact) mass is 270 g/mol. The van der Waals surface area contributed by atoms with Crippen LogP contribution < -0.4 is 0 Å². The summed E-state index contributed by atoms with van der Waals surface area (Å²) in [5.41, 5.74) is 0.212. The second-order valence-electron chi connectivity index (χ2n) is 4.97. The zero-order valence-electron chi connectivity index (χ0n) is 11.6. The van der Waals surface area contributed by atoms with Gasteiger partial charge in [0.2, 0.25) is 0 Å². The van der Waals surface area contributed by atoms with Crippen LogP contribution in [-0.2, 0) is 16.1 Å². The molecule has 0 atom stereocenters. The predicted molar refractivity (Wildman–Crippen MR) is 68.4 cm³/mol. The first-order chi connectivity index (χ1) is 8.71. The lowest BCUT2D eigenvalue weighted by molar-refractivity contribution is -0.236. The molecule has 19 heavy (non-hydrogen) atoms. The van der Waals surface area contributed by atoms with E-state index in [2.05, 4.69) is 0 Å². The van der Waals surface area contributed by atoms with Crippen molar-refractivity contribution in [1.82, 2.24) is 0 Å². The molecule has 0 spiro atoms. The maximum Gasteiger partial charge on any atom is 0.338 e. The van der Waals surface area contributed by atoms with Gasteiger partial charge in [-0.2, -0.15) is 0 Å². The molecule has 1 aromatic carbocycles. The van der Waals surface area contributed by atoms with Crippen LogP contribution in [0.1, 0.15) is 43.6 Å². The van der Waals surface area contributed by atoms with Crippen molar-refractivity contribution in [3.63, 3.8) is 0 Å². The van der Waals surface area contributed by atoms with Crippen molar-refractivity contribution in [3.8, 4) is 0 Å². The number of carboxylic acid groups (broad SMARTS) is 1. The van der Waals surface area contributed by atoms with Gasteiger partial charge in [0.1, 0.15) is 5.82 Å². The highest BCUT2D eigenvalue weighted by molar-refractivity contribution is 5.87. The Morgan fingerprint density at radius 1 is 1.42 bits per heavy atom. The van der Waals surface area contributed by atoms with Crippen LogP contribution in [0, 0.1) is 5.82 Å². The Kier molecular flexibility index (Phi) is 5.03. The molecule has 0 aliphatic rings. The maximum absolute atomic E-state index is 13.5. The Labute approximate surface area is 112 Å². The Morgan fingerprint density at radius 2 is 2.05 bits per heavy atom. The van der Waals surface area contributed by atoms with Gasteiger partial charge in [-0.25, -0.2) is 9.18 Å². The molecule has 0 fully saturated rings. The molecule has 5 heteroatoms. The highest BCUT2D eigenvalue weighted by Crippen LogP contribution is 2.18. The van der Waals surface area contributed by atoms with Crippen LogP contribution in [0.15, 0.2) is 18.2 Å². The van der Waals surface area contributed by atoms with E-state index in [-0.39, 0.29) is 18.3 Å². The van der Waals surface area contributed by atoms with E-state index in [9.17, 15) is 9.18 Å². The second kappa shape index (κ2) is 6.12. The molecule has 0 bridgehead atoms. The zero-order valence-corrected chi connectivity index (χ0v) is 11.6. The molecule has 1 rings (SSSR count). The van der Waals surface area contributed by atoms with E-state index in [1.165, 1.54) is 12.1 Å². The summed E-state index contributed by atoms with van der Waals surface area (Å²) in [4.78, 5) is 10.7. The summed E-state index contributed by atoms with van der Waals surface area (Å²) < 4.78 is 24.6. The smallest absolute Gasteiger partial charge is 0.338 e. The molecule has 106 valence electrons. The number of hydrogen-bond donors (Lipinski definition) is 1. The van der Waals surface area contributed by atoms with Gasteiger partial charge in [-0.3, -0.25) is 0 Å². The van der Waals surface area contributed by atoms with Gasteiger partial charge in [0.25, 0.3) is 0 Å². The molecule has 0 aliphatic heterocycles. The van der Waals surface area contributed by atoms with Gasteiger partial charge in [0, 0.05) is 0 Å². The molecule has 0 unspecified atom stereocenters. The van der Waals surface area contributed by atoms with Crippen molar-refractivity contribution in [2.45, 2.75) is 46.2 Å². The van der Waals surface area contributed by atoms with Gasteiger partial charge in [0.15, 0.2) is 5.79 Å². The quantitative estimate of drug-likeness (QED) is 0.806. The highest BCUT2D eigenvalue weighted by Gasteiger charge is 2.21. The fraction of sp³-hybridized carbons (Fsp3) is 0.500. The predicted octanol–water partition coefficient (Wildman–Crippen LogP) is 3.20. The molecule has 0 saturated carbocycles. The Morgan fingerprint density at radius 3 is 2.53 bits per heavy atom. The SMILES string of the molecule is CC(C)OC(C)(C)OCc1ccc(C(=O)O)c(F)c1. The van der Waals surface area contributed by atoms with Crippen molar-refractivity contribution in [1.29, 1.82) is 0 Å². The summed E-state index contributed by atoms with van der Waals surface area (Å²) in [6.45, 7) is 7.49. The minimum atomic E-state index is -1.28. The molecule has 1 aromatic rings. The topological polar surface area (TPSA) is 55.8 Å². The van der Waals surface area contributed by atoms with Crippen molar-refractivity contribution in [2.75, 3.05) is 0 Å². The minimum Gasteiger partial charge on any atom is -0.478 e. The minimum absolute atomic E-state index is 0.0149. The van der Waals surface area contributed by atoms with Gasteiger partial charge < -0.3 is 14.6 Å². The summed E-state index contributed by atoms with van der Waals surface area (Å²) in [6.07, 6.45) is 0.0149. The first-order valence-electron chi connectivity index (χ1n) is 6.05. The number of ether oxygens (including phenoxy) is 2. The van der Waals surface area contributed by atoms with E-state index in [0.717, 1.165) is 6.07 Å². The third kappa shape index (κ3) is 4.96. The Bertz CT molecular complexity index is 455. The van der Waals surface area contributed by atoms with Crippen LogP contribution >= 0.6 is 0 Å². The summed E-state index contributed by atoms with van der Waals surface area (Å²) in [5, 5.41) is 8.72. The van der Waals surface area contributed by atoms with Crippen LogP contribution in [0.4, 0.5) is 4.39 Å². The molecule has 0 aliphatic carbocycles. The third-order valence-corrected chi connectivity index (χ3v) is 2.37. The van der Waals surface area contributed by atoms with Crippen molar-refractivity contribution in [3.05, 3.63) is 35.1 Å². The second-order valence-corrected chi connectivity index (χ2v) is 4.97. The fourth-order valence-corrected chi connectivity index (χ4v) is 1.68. The first kappa shape index (κ1) is 15.6. The van der Waals surface area contributed by atoms with Crippen molar-refractivity contribution in [2.24, 2.45) is 0 Å². The maximum atomic E-state index is 13.5. The lowest BCUT2D eigenvalue weighted by Gasteiger charge is -2.28. The van der Waals surface area contributed by atoms with Gasteiger partial charge in [0.05, 0.1) is 18.3 Å². The Hall–Kier alpha value is -1.46. The Balaban J connectivity index is 2.69. The largest absolute Gasteiger partial charge is 0.478 e. The molecular weight excluding hydrogens is 251 g/mol. The molecule has 1 N–H and O–H groups in total. The van der Waals surface area contributed by atoms with Crippen molar-refractivity contribution < 1.29 is 23.8 Å². The molecule has 0 aromatic heterocycles. The van der Waals surface area contributed by atoms with Crippen LogP contribution in [0.3, 0.4) is 0 Å². The van der Waals surface area contributed by atoms with Crippen LogP contribution in [0.2, 0.25) is 0 Å². The highest BCUT2D eigenvalue weighted by atomic mass is 19.1. The molecule has 0 saturated heterocycles. The lowest BCUT2D eigenvalue weighted by Crippen LogP contribution is -2.31. The van der Waals surface area contributed by atoms with E-state index >= 15 is 0 Å². The van der Waals surface area contributed by atoms with Gasteiger partial charge in [-0.05, 0) is 45.4 Å². The van der Waals surface area contributed by atoms with Crippen LogP contribution in [0.5, 0.6) is 0 Å². The van der Waals surface area contributed by atoms with E-state index in [4.69, 9.17) is 14.6 Å². The number of benzene rings is 1. The van der Waals surface area contributed by atoms with Crippen LogP contribution in [-0.4, -0.2) is 23.0 Å². The number of aromatic carboxylic acids is 1. The first-order valence-corrected chi connectivity index (χ1v) is 6.05. The average molecular weight is 270 g/mol. The molecule has 0 amide bonds. The molecule has 4 nitrogen and oxygen atoms in total. The standard InChI is InChI=1S/C14H19FO4/c1-9(2)19-14(3,4)18-8-10-5-6-11(13(16)17)12(15)7-10/h5-7,9H,8H2,1-4H3,(H,16,17). The number of rotatable bonds is 6. The summed E-state index contributed by atoms with van der Waals surface area (Å²) in [7, 11) is 0. The average Bonchev–Trinajstić information content (AvgIpc) is 2.24. The van der Waals surface area contributed by atoms with E-state index < -0.39 is 17.6 Å². The summed E-state index contributed by atoms with van der Waals surface area (Å²) in [5.74, 6) is -2.83. The van der Waals surface area contributed by atoms with Gasteiger partial charge in [-0.15, -0.1) is 0 Å². The number of carbonyl (C=O) groups is 1. The third-order valence-electron chi connectivity index (χ3n) is 2.37. The normalized spacial score (nSPS) is 11.9. The van der Waals surface area contributed by atoms with Gasteiger partial charge >= 0.3 is 5.97 Å². The number of carboxylic acids is 1. The molecule has 0 radical (unpaired) electrons. The molecule has 0 heterocycles. The zero-order chi connectivity index (χ0) is 14.6. The van der Waals surface area contributed by atoms with Crippen molar-refractivity contribution >= 4 is 5.97 Å². The van der Waals surface area contributed by atoms with Crippen LogP contribution in [0.25, 0.3) is 0 Å². The van der Waals surface area contributed by atoms with E-state index in [1.807, 2.05) is 13.8 Å². The van der Waals surface area contributed by atoms with E-state index in [0.29, 0.717) is 5.56 Å². The fourth-order valence-electron chi connectivity index (χ4n) is 1.68. The number of halogens is 1. The number of hydrogen-bond acceptors (Lipinski definition) is 3. The molecular formula is C14H19FO4. The van der Waals surface area contributed by atoms with Gasteiger partial charge in [-0.1, -0.05) is 6.07 Å². The lowest BCUT2D eigenvalue weighted by atomic mass is 10.1. The van der Waals surface area contributed by atoms with E-state index in [1.54, 1.807) is 13.8 Å².